The lowest BCUT2D eigenvalue weighted by Gasteiger charge is -2.29. The van der Waals surface area contributed by atoms with E-state index in [9.17, 15) is 4.79 Å². The maximum atomic E-state index is 12.7. The van der Waals surface area contributed by atoms with E-state index in [4.69, 9.17) is 9.47 Å². The second kappa shape index (κ2) is 10.1. The molecule has 0 spiro atoms. The number of hydrogen-bond acceptors (Lipinski definition) is 5. The molecule has 2 aromatic carbocycles. The van der Waals surface area contributed by atoms with Gasteiger partial charge in [-0.1, -0.05) is 18.2 Å². The van der Waals surface area contributed by atoms with Crippen LogP contribution in [0.5, 0.6) is 11.5 Å². The van der Waals surface area contributed by atoms with Crippen LogP contribution < -0.4 is 14.4 Å². The number of piperidine rings is 1. The number of benzene rings is 2. The number of nitrogens with zero attached hydrogens (tertiary/aromatic N) is 3. The van der Waals surface area contributed by atoms with E-state index in [1.54, 1.807) is 4.90 Å². The molecule has 2 heterocycles. The third-order valence-electron chi connectivity index (χ3n) is 5.97. The first kappa shape index (κ1) is 21.5. The fourth-order valence-corrected chi connectivity index (χ4v) is 4.23. The largest absolute Gasteiger partial charge is 0.486 e. The summed E-state index contributed by atoms with van der Waals surface area (Å²) in [5, 5.41) is 0. The summed E-state index contributed by atoms with van der Waals surface area (Å²) in [4.78, 5) is 19.0. The molecular weight excluding hydrogens is 390 g/mol. The monoisotopic (exact) mass is 423 g/mol. The van der Waals surface area contributed by atoms with Crippen molar-refractivity contribution in [3.8, 4) is 11.5 Å². The first-order valence-corrected chi connectivity index (χ1v) is 11.2. The quantitative estimate of drug-likeness (QED) is 0.682. The molecule has 0 aliphatic carbocycles. The Hall–Kier alpha value is -2.73. The van der Waals surface area contributed by atoms with Crippen LogP contribution in [0.25, 0.3) is 0 Å². The van der Waals surface area contributed by atoms with Gasteiger partial charge in [0.15, 0.2) is 11.5 Å². The molecule has 0 atom stereocenters. The molecule has 166 valence electrons. The van der Waals surface area contributed by atoms with E-state index in [1.807, 2.05) is 32.3 Å². The van der Waals surface area contributed by atoms with E-state index < -0.39 is 0 Å². The fraction of sp³-hybridized carbons (Fsp3) is 0.480. The first-order valence-electron chi connectivity index (χ1n) is 11.2. The van der Waals surface area contributed by atoms with Gasteiger partial charge in [0.1, 0.15) is 13.2 Å². The molecule has 0 saturated carbocycles. The van der Waals surface area contributed by atoms with Crippen molar-refractivity contribution in [2.24, 2.45) is 0 Å². The number of rotatable bonds is 7. The lowest BCUT2D eigenvalue weighted by Crippen LogP contribution is -2.36. The zero-order valence-electron chi connectivity index (χ0n) is 18.7. The van der Waals surface area contributed by atoms with E-state index >= 15 is 0 Å². The molecule has 0 bridgehead atoms. The van der Waals surface area contributed by atoms with Crippen molar-refractivity contribution in [3.05, 3.63) is 53.6 Å². The van der Waals surface area contributed by atoms with Gasteiger partial charge in [0.2, 0.25) is 5.91 Å². The molecule has 0 radical (unpaired) electrons. The molecule has 1 saturated heterocycles. The van der Waals surface area contributed by atoms with Crippen molar-refractivity contribution in [1.29, 1.82) is 0 Å². The van der Waals surface area contributed by atoms with Crippen LogP contribution in [0, 0.1) is 0 Å². The van der Waals surface area contributed by atoms with Crippen LogP contribution in [0.2, 0.25) is 0 Å². The second-order valence-corrected chi connectivity index (χ2v) is 8.61. The van der Waals surface area contributed by atoms with Gasteiger partial charge in [0, 0.05) is 38.9 Å². The SMILES string of the molecule is CN(CC(=O)N(C)Cc1ccc2c(c1)OCCO2)Cc1ccc(N2CCCCC2)cc1. The number of carbonyl (C=O) groups excluding carboxylic acids is 1. The van der Waals surface area contributed by atoms with Gasteiger partial charge in [-0.25, -0.2) is 0 Å². The summed E-state index contributed by atoms with van der Waals surface area (Å²) in [5.74, 6) is 1.63. The van der Waals surface area contributed by atoms with Gasteiger partial charge in [-0.3, -0.25) is 9.69 Å². The van der Waals surface area contributed by atoms with Crippen LogP contribution in [0.15, 0.2) is 42.5 Å². The molecule has 4 rings (SSSR count). The predicted molar refractivity (Wildman–Crippen MR) is 123 cm³/mol. The summed E-state index contributed by atoms with van der Waals surface area (Å²) < 4.78 is 11.2. The van der Waals surface area contributed by atoms with Crippen LogP contribution in [0.1, 0.15) is 30.4 Å². The molecule has 2 aliphatic heterocycles. The van der Waals surface area contributed by atoms with Gasteiger partial charge in [0.05, 0.1) is 6.54 Å². The average Bonchev–Trinajstić information content (AvgIpc) is 2.80. The minimum Gasteiger partial charge on any atom is -0.486 e. The highest BCUT2D eigenvalue weighted by Gasteiger charge is 2.16. The first-order chi connectivity index (χ1) is 15.1. The molecule has 6 heteroatoms. The third-order valence-corrected chi connectivity index (χ3v) is 5.97. The Balaban J connectivity index is 1.26. The molecule has 1 amide bonds. The maximum absolute atomic E-state index is 12.7. The number of likely N-dealkylation sites (N-methyl/N-ethyl adjacent to an activating group) is 2. The van der Waals surface area contributed by atoms with Crippen molar-refractivity contribution < 1.29 is 14.3 Å². The average molecular weight is 424 g/mol. The van der Waals surface area contributed by atoms with Gasteiger partial charge in [0.25, 0.3) is 0 Å². The summed E-state index contributed by atoms with van der Waals surface area (Å²) in [6.45, 7) is 5.15. The minimum atomic E-state index is 0.0994. The van der Waals surface area contributed by atoms with E-state index in [-0.39, 0.29) is 5.91 Å². The zero-order valence-corrected chi connectivity index (χ0v) is 18.7. The summed E-state index contributed by atoms with van der Waals surface area (Å²) in [5.41, 5.74) is 3.57. The Morgan fingerprint density at radius 2 is 1.55 bits per heavy atom. The van der Waals surface area contributed by atoms with Crippen molar-refractivity contribution in [2.75, 3.05) is 51.8 Å². The van der Waals surface area contributed by atoms with Gasteiger partial charge in [-0.2, -0.15) is 0 Å². The maximum Gasteiger partial charge on any atom is 0.236 e. The summed E-state index contributed by atoms with van der Waals surface area (Å²) >= 11 is 0. The highest BCUT2D eigenvalue weighted by Crippen LogP contribution is 2.31. The normalized spacial score (nSPS) is 15.8. The van der Waals surface area contributed by atoms with Gasteiger partial charge < -0.3 is 19.3 Å². The van der Waals surface area contributed by atoms with E-state index in [0.29, 0.717) is 26.3 Å². The summed E-state index contributed by atoms with van der Waals surface area (Å²) in [6, 6.07) is 14.7. The topological polar surface area (TPSA) is 45.3 Å². The van der Waals surface area contributed by atoms with Crippen molar-refractivity contribution in [2.45, 2.75) is 32.4 Å². The van der Waals surface area contributed by atoms with E-state index in [0.717, 1.165) is 36.7 Å². The molecule has 31 heavy (non-hydrogen) atoms. The second-order valence-electron chi connectivity index (χ2n) is 8.61. The van der Waals surface area contributed by atoms with Crippen LogP contribution >= 0.6 is 0 Å². The highest BCUT2D eigenvalue weighted by molar-refractivity contribution is 5.78. The van der Waals surface area contributed by atoms with E-state index in [2.05, 4.69) is 34.1 Å². The Morgan fingerprint density at radius 3 is 2.29 bits per heavy atom. The highest BCUT2D eigenvalue weighted by atomic mass is 16.6. The Morgan fingerprint density at radius 1 is 0.871 bits per heavy atom. The molecule has 2 aliphatic rings. The van der Waals surface area contributed by atoms with Crippen molar-refractivity contribution >= 4 is 11.6 Å². The molecule has 0 aromatic heterocycles. The Kier molecular flexibility index (Phi) is 6.97. The lowest BCUT2D eigenvalue weighted by molar-refractivity contribution is -0.131. The number of hydrogen-bond donors (Lipinski definition) is 0. The van der Waals surface area contributed by atoms with Crippen LogP contribution in [-0.4, -0.2) is 62.7 Å². The Labute approximate surface area is 185 Å². The molecule has 0 unspecified atom stereocenters. The molecule has 0 N–H and O–H groups in total. The molecule has 1 fully saturated rings. The lowest BCUT2D eigenvalue weighted by atomic mass is 10.1. The van der Waals surface area contributed by atoms with Crippen LogP contribution in [-0.2, 0) is 17.9 Å². The number of amides is 1. The van der Waals surface area contributed by atoms with Crippen molar-refractivity contribution in [1.82, 2.24) is 9.80 Å². The van der Waals surface area contributed by atoms with Crippen molar-refractivity contribution in [3.63, 3.8) is 0 Å². The summed E-state index contributed by atoms with van der Waals surface area (Å²) in [7, 11) is 3.84. The van der Waals surface area contributed by atoms with Crippen LogP contribution in [0.3, 0.4) is 0 Å². The smallest absolute Gasteiger partial charge is 0.236 e. The van der Waals surface area contributed by atoms with Gasteiger partial charge in [-0.15, -0.1) is 0 Å². The molecule has 6 nitrogen and oxygen atoms in total. The molecule has 2 aromatic rings. The van der Waals surface area contributed by atoms with Gasteiger partial charge >= 0.3 is 0 Å². The number of carbonyl (C=O) groups is 1. The molecular formula is C25H33N3O3. The van der Waals surface area contributed by atoms with Crippen LogP contribution in [0.4, 0.5) is 5.69 Å². The van der Waals surface area contributed by atoms with Gasteiger partial charge in [-0.05, 0) is 61.7 Å². The van der Waals surface area contributed by atoms with E-state index in [1.165, 1.54) is 30.5 Å². The third kappa shape index (κ3) is 5.70. The standard InChI is InChI=1S/C25H33N3O3/c1-26(17-20-6-9-22(10-7-20)28-12-4-3-5-13-28)19-25(29)27(2)18-21-8-11-23-24(16-21)31-15-14-30-23/h6-11,16H,3-5,12-15,17-19H2,1-2H3. The number of anilines is 1. The summed E-state index contributed by atoms with van der Waals surface area (Å²) in [6.07, 6.45) is 3.91. The number of ether oxygens (including phenoxy) is 2. The number of fused-ring (bicyclic) bond motifs is 1. The Bertz CT molecular complexity index is 878. The zero-order chi connectivity index (χ0) is 21.6. The predicted octanol–water partition coefficient (Wildman–Crippen LogP) is 3.54. The fourth-order valence-electron chi connectivity index (χ4n) is 4.23. The minimum absolute atomic E-state index is 0.0994.